The predicted molar refractivity (Wildman–Crippen MR) is 81.0 cm³/mol. The van der Waals surface area contributed by atoms with Crippen molar-refractivity contribution < 1.29 is 17.9 Å². The lowest BCUT2D eigenvalue weighted by Crippen LogP contribution is -2.39. The van der Waals surface area contributed by atoms with Crippen LogP contribution in [0.5, 0.6) is 5.75 Å². The number of hydrogen-bond acceptors (Lipinski definition) is 5. The molecule has 0 spiro atoms. The van der Waals surface area contributed by atoms with Crippen molar-refractivity contribution in [3.05, 3.63) is 29.8 Å². The fraction of sp³-hybridized carbons (Fsp3) is 0.467. The second-order valence-corrected chi connectivity index (χ2v) is 7.64. The molecule has 0 aromatic heterocycles. The van der Waals surface area contributed by atoms with Crippen LogP contribution in [0.2, 0.25) is 0 Å². The maximum atomic E-state index is 12.0. The highest BCUT2D eigenvalue weighted by Gasteiger charge is 2.28. The Hall–Kier alpha value is -2.07. The van der Waals surface area contributed by atoms with Gasteiger partial charge in [-0.25, -0.2) is 8.42 Å². The minimum Gasteiger partial charge on any atom is -0.481 e. The summed E-state index contributed by atoms with van der Waals surface area (Å²) in [6.45, 7) is 1.97. The zero-order valence-corrected chi connectivity index (χ0v) is 13.1. The van der Waals surface area contributed by atoms with Crippen molar-refractivity contribution in [3.8, 4) is 11.8 Å². The standard InChI is InChI=1S/C15H18N2O4S/c1-11(21-14-4-2-12(8-16)3-5-14)15(18)17-9-13-6-7-22(19,20)10-13/h2-5,11,13H,6-7,9-10H2,1H3,(H,17,18)/t11-,13-/m1/s1. The van der Waals surface area contributed by atoms with Crippen LogP contribution in [0.25, 0.3) is 0 Å². The van der Waals surface area contributed by atoms with E-state index < -0.39 is 15.9 Å². The van der Waals surface area contributed by atoms with Crippen molar-refractivity contribution in [1.82, 2.24) is 5.32 Å². The van der Waals surface area contributed by atoms with Gasteiger partial charge >= 0.3 is 0 Å². The Balaban J connectivity index is 1.80. The number of benzene rings is 1. The van der Waals surface area contributed by atoms with Crippen LogP contribution in [0.3, 0.4) is 0 Å². The van der Waals surface area contributed by atoms with Gasteiger partial charge in [0, 0.05) is 6.54 Å². The summed E-state index contributed by atoms with van der Waals surface area (Å²) in [6.07, 6.45) is -0.0982. The van der Waals surface area contributed by atoms with Crippen molar-refractivity contribution in [2.45, 2.75) is 19.4 Å². The lowest BCUT2D eigenvalue weighted by molar-refractivity contribution is -0.127. The van der Waals surface area contributed by atoms with Crippen LogP contribution >= 0.6 is 0 Å². The Morgan fingerprint density at radius 3 is 2.68 bits per heavy atom. The van der Waals surface area contributed by atoms with Crippen molar-refractivity contribution in [2.24, 2.45) is 5.92 Å². The number of carbonyl (C=O) groups excluding carboxylic acids is 1. The molecule has 0 saturated carbocycles. The third-order valence-electron chi connectivity index (χ3n) is 3.56. The second kappa shape index (κ2) is 6.79. The molecule has 6 nitrogen and oxygen atoms in total. The smallest absolute Gasteiger partial charge is 0.260 e. The number of ether oxygens (including phenoxy) is 1. The van der Waals surface area contributed by atoms with E-state index in [9.17, 15) is 13.2 Å². The van der Waals surface area contributed by atoms with Gasteiger partial charge in [-0.15, -0.1) is 0 Å². The number of amides is 1. The monoisotopic (exact) mass is 322 g/mol. The number of carbonyl (C=O) groups is 1. The van der Waals surface area contributed by atoms with Gasteiger partial charge in [-0.1, -0.05) is 0 Å². The summed E-state index contributed by atoms with van der Waals surface area (Å²) in [6, 6.07) is 8.50. The van der Waals surface area contributed by atoms with E-state index in [0.717, 1.165) is 0 Å². The van der Waals surface area contributed by atoms with Gasteiger partial charge in [0.15, 0.2) is 15.9 Å². The first-order chi connectivity index (χ1) is 10.4. The molecule has 1 fully saturated rings. The molecular formula is C15H18N2O4S. The number of rotatable bonds is 5. The van der Waals surface area contributed by atoms with Crippen LogP contribution in [-0.2, 0) is 14.6 Å². The van der Waals surface area contributed by atoms with Gasteiger partial charge in [0.05, 0.1) is 23.1 Å². The molecule has 0 radical (unpaired) electrons. The summed E-state index contributed by atoms with van der Waals surface area (Å²) in [5.41, 5.74) is 0.520. The zero-order chi connectivity index (χ0) is 16.2. The van der Waals surface area contributed by atoms with E-state index in [1.807, 2.05) is 6.07 Å². The molecule has 0 bridgehead atoms. The molecule has 2 rings (SSSR count). The Morgan fingerprint density at radius 1 is 1.45 bits per heavy atom. The normalized spacial score (nSPS) is 20.8. The van der Waals surface area contributed by atoms with E-state index in [2.05, 4.69) is 5.32 Å². The summed E-state index contributed by atoms with van der Waals surface area (Å²) < 4.78 is 28.2. The van der Waals surface area contributed by atoms with Crippen molar-refractivity contribution in [1.29, 1.82) is 5.26 Å². The molecule has 2 atom stereocenters. The Morgan fingerprint density at radius 2 is 2.14 bits per heavy atom. The maximum absolute atomic E-state index is 12.0. The van der Waals surface area contributed by atoms with Crippen LogP contribution < -0.4 is 10.1 Å². The van der Waals surface area contributed by atoms with Gasteiger partial charge in [0.1, 0.15) is 5.75 Å². The van der Waals surface area contributed by atoms with E-state index >= 15 is 0 Å². The molecule has 1 N–H and O–H groups in total. The van der Waals surface area contributed by atoms with E-state index in [0.29, 0.717) is 24.3 Å². The van der Waals surface area contributed by atoms with Crippen LogP contribution in [-0.4, -0.2) is 38.5 Å². The van der Waals surface area contributed by atoms with E-state index in [4.69, 9.17) is 10.00 Å². The van der Waals surface area contributed by atoms with Crippen molar-refractivity contribution in [3.63, 3.8) is 0 Å². The van der Waals surface area contributed by atoms with Crippen molar-refractivity contribution >= 4 is 15.7 Å². The molecule has 1 heterocycles. The first-order valence-corrected chi connectivity index (χ1v) is 8.87. The quantitative estimate of drug-likeness (QED) is 0.868. The van der Waals surface area contributed by atoms with Gasteiger partial charge in [-0.2, -0.15) is 5.26 Å². The fourth-order valence-corrected chi connectivity index (χ4v) is 4.15. The summed E-state index contributed by atoms with van der Waals surface area (Å²) in [5, 5.41) is 11.4. The third kappa shape index (κ3) is 4.46. The van der Waals surface area contributed by atoms with E-state index in [1.165, 1.54) is 0 Å². The molecule has 1 amide bonds. The largest absolute Gasteiger partial charge is 0.481 e. The van der Waals surface area contributed by atoms with Gasteiger partial charge in [-0.05, 0) is 43.5 Å². The van der Waals surface area contributed by atoms with Gasteiger partial charge in [0.2, 0.25) is 0 Å². The Labute approximate surface area is 130 Å². The molecule has 1 saturated heterocycles. The van der Waals surface area contributed by atoms with Crippen LogP contribution in [0.15, 0.2) is 24.3 Å². The van der Waals surface area contributed by atoms with Gasteiger partial charge in [-0.3, -0.25) is 4.79 Å². The average molecular weight is 322 g/mol. The third-order valence-corrected chi connectivity index (χ3v) is 5.39. The van der Waals surface area contributed by atoms with Crippen LogP contribution in [0, 0.1) is 17.2 Å². The first kappa shape index (κ1) is 16.3. The molecule has 1 aromatic carbocycles. The molecule has 0 unspecified atom stereocenters. The average Bonchev–Trinajstić information content (AvgIpc) is 2.84. The van der Waals surface area contributed by atoms with E-state index in [-0.39, 0.29) is 23.3 Å². The first-order valence-electron chi connectivity index (χ1n) is 7.04. The molecule has 7 heteroatoms. The minimum atomic E-state index is -2.93. The lowest BCUT2D eigenvalue weighted by atomic mass is 10.1. The molecule has 1 aliphatic rings. The van der Waals surface area contributed by atoms with Crippen molar-refractivity contribution in [2.75, 3.05) is 18.1 Å². The summed E-state index contributed by atoms with van der Waals surface area (Å²) in [5.74, 6) is 0.540. The molecule has 1 aliphatic heterocycles. The summed E-state index contributed by atoms with van der Waals surface area (Å²) in [4.78, 5) is 12.0. The number of nitriles is 1. The topological polar surface area (TPSA) is 96.3 Å². The maximum Gasteiger partial charge on any atom is 0.260 e. The number of sulfone groups is 1. The lowest BCUT2D eigenvalue weighted by Gasteiger charge is -2.16. The van der Waals surface area contributed by atoms with Crippen LogP contribution in [0.4, 0.5) is 0 Å². The number of nitrogens with zero attached hydrogens (tertiary/aromatic N) is 1. The molecule has 22 heavy (non-hydrogen) atoms. The number of hydrogen-bond donors (Lipinski definition) is 1. The van der Waals surface area contributed by atoms with Gasteiger partial charge in [0.25, 0.3) is 5.91 Å². The van der Waals surface area contributed by atoms with E-state index in [1.54, 1.807) is 31.2 Å². The SMILES string of the molecule is C[C@@H](Oc1ccc(C#N)cc1)C(=O)NC[C@H]1CCS(=O)(=O)C1. The van der Waals surface area contributed by atoms with Crippen LogP contribution in [0.1, 0.15) is 18.9 Å². The molecule has 1 aromatic rings. The minimum absolute atomic E-state index is 0.0175. The zero-order valence-electron chi connectivity index (χ0n) is 12.3. The molecule has 118 valence electrons. The Kier molecular flexibility index (Phi) is 5.03. The Bertz CT molecular complexity index is 676. The predicted octanol–water partition coefficient (Wildman–Crippen LogP) is 0.876. The molecule has 0 aliphatic carbocycles. The summed E-state index contributed by atoms with van der Waals surface area (Å²) in [7, 11) is -2.93. The highest BCUT2D eigenvalue weighted by atomic mass is 32.2. The van der Waals surface area contributed by atoms with Gasteiger partial charge < -0.3 is 10.1 Å². The second-order valence-electron chi connectivity index (χ2n) is 5.41. The fourth-order valence-electron chi connectivity index (χ4n) is 2.29. The molecular weight excluding hydrogens is 304 g/mol. The summed E-state index contributed by atoms with van der Waals surface area (Å²) >= 11 is 0. The highest BCUT2D eigenvalue weighted by Crippen LogP contribution is 2.17. The number of nitrogens with one attached hydrogen (secondary N) is 1. The highest BCUT2D eigenvalue weighted by molar-refractivity contribution is 7.91.